The number of benzene rings is 2. The van der Waals surface area contributed by atoms with E-state index >= 15 is 0 Å². The fraction of sp³-hybridized carbons (Fsp3) is 0.150. The average Bonchev–Trinajstić information content (AvgIpc) is 3.06. The minimum Gasteiger partial charge on any atom is -0.360 e. The monoisotopic (exact) mass is 435 g/mol. The Bertz CT molecular complexity index is 1030. The Morgan fingerprint density at radius 2 is 1.69 bits per heavy atom. The van der Waals surface area contributed by atoms with Gasteiger partial charge in [-0.2, -0.15) is 0 Å². The molecule has 0 atom stereocenters. The summed E-state index contributed by atoms with van der Waals surface area (Å²) in [5.41, 5.74) is 0.550. The number of aromatic nitrogens is 1. The molecule has 150 valence electrons. The zero-order valence-corrected chi connectivity index (χ0v) is 16.8. The molecule has 0 fully saturated rings. The van der Waals surface area contributed by atoms with E-state index in [0.717, 1.165) is 0 Å². The fourth-order valence-electron chi connectivity index (χ4n) is 2.68. The van der Waals surface area contributed by atoms with Gasteiger partial charge in [0.25, 0.3) is 11.8 Å². The van der Waals surface area contributed by atoms with Crippen LogP contribution in [0, 0.1) is 12.7 Å². The Morgan fingerprint density at radius 1 is 1.03 bits per heavy atom. The lowest BCUT2D eigenvalue weighted by atomic mass is 10.0. The second kappa shape index (κ2) is 9.07. The third-order valence-corrected chi connectivity index (χ3v) is 4.66. The second-order valence-electron chi connectivity index (χ2n) is 6.08. The molecule has 6 nitrogen and oxygen atoms in total. The molecule has 3 rings (SSSR count). The molecule has 0 spiro atoms. The van der Waals surface area contributed by atoms with E-state index in [9.17, 15) is 14.0 Å². The molecule has 0 saturated carbocycles. The lowest BCUT2D eigenvalue weighted by Crippen LogP contribution is -2.35. The van der Waals surface area contributed by atoms with Crippen molar-refractivity contribution in [3.63, 3.8) is 0 Å². The van der Waals surface area contributed by atoms with Crippen LogP contribution in [0.5, 0.6) is 0 Å². The summed E-state index contributed by atoms with van der Waals surface area (Å²) >= 11 is 11.9. The van der Waals surface area contributed by atoms with Crippen molar-refractivity contribution < 1.29 is 18.5 Å². The molecule has 0 unspecified atom stereocenters. The molecule has 0 aliphatic rings. The van der Waals surface area contributed by atoms with Crippen LogP contribution in [0.4, 0.5) is 4.39 Å². The topological polar surface area (TPSA) is 84.2 Å². The quantitative estimate of drug-likeness (QED) is 0.566. The predicted molar refractivity (Wildman–Crippen MR) is 108 cm³/mol. The van der Waals surface area contributed by atoms with Gasteiger partial charge < -0.3 is 15.2 Å². The number of hydrogen-bond donors (Lipinski definition) is 2. The first-order valence-electron chi connectivity index (χ1n) is 8.61. The zero-order chi connectivity index (χ0) is 21.0. The van der Waals surface area contributed by atoms with Gasteiger partial charge in [0, 0.05) is 23.7 Å². The van der Waals surface area contributed by atoms with Crippen LogP contribution < -0.4 is 10.6 Å². The van der Waals surface area contributed by atoms with Gasteiger partial charge in [-0.25, -0.2) is 4.39 Å². The van der Waals surface area contributed by atoms with E-state index in [-0.39, 0.29) is 46.6 Å². The number of rotatable bonds is 6. The van der Waals surface area contributed by atoms with Crippen LogP contribution in [-0.4, -0.2) is 30.1 Å². The molecular formula is C20H16Cl2FN3O3. The number of hydrogen-bond acceptors (Lipinski definition) is 4. The van der Waals surface area contributed by atoms with Gasteiger partial charge in [-0.05, 0) is 43.3 Å². The van der Waals surface area contributed by atoms with Gasteiger partial charge in [-0.3, -0.25) is 9.59 Å². The van der Waals surface area contributed by atoms with E-state index in [1.54, 1.807) is 31.2 Å². The molecular weight excluding hydrogens is 420 g/mol. The van der Waals surface area contributed by atoms with Gasteiger partial charge >= 0.3 is 0 Å². The molecule has 1 heterocycles. The first-order chi connectivity index (χ1) is 13.9. The third-order valence-electron chi connectivity index (χ3n) is 4.09. The fourth-order valence-corrected chi connectivity index (χ4v) is 3.06. The summed E-state index contributed by atoms with van der Waals surface area (Å²) in [4.78, 5) is 24.6. The lowest BCUT2D eigenvalue weighted by Gasteiger charge is -2.08. The summed E-state index contributed by atoms with van der Waals surface area (Å²) in [6, 6.07) is 10.6. The van der Waals surface area contributed by atoms with Crippen LogP contribution in [-0.2, 0) is 0 Å². The highest BCUT2D eigenvalue weighted by molar-refractivity contribution is 6.33. The van der Waals surface area contributed by atoms with Crippen LogP contribution >= 0.6 is 23.2 Å². The van der Waals surface area contributed by atoms with Gasteiger partial charge in [0.15, 0.2) is 0 Å². The van der Waals surface area contributed by atoms with E-state index in [4.69, 9.17) is 27.7 Å². The maximum absolute atomic E-state index is 14.2. The molecule has 2 N–H and O–H groups in total. The Labute approximate surface area is 176 Å². The van der Waals surface area contributed by atoms with Crippen molar-refractivity contribution >= 4 is 35.0 Å². The average molecular weight is 436 g/mol. The van der Waals surface area contributed by atoms with Crippen LogP contribution in [0.2, 0.25) is 10.0 Å². The minimum absolute atomic E-state index is 0.00721. The van der Waals surface area contributed by atoms with Gasteiger partial charge in [-0.1, -0.05) is 34.4 Å². The molecule has 29 heavy (non-hydrogen) atoms. The summed E-state index contributed by atoms with van der Waals surface area (Å²) in [6.07, 6.45) is 0. The van der Waals surface area contributed by atoms with Gasteiger partial charge in [0.1, 0.15) is 22.8 Å². The van der Waals surface area contributed by atoms with Gasteiger partial charge in [0.05, 0.1) is 10.6 Å². The number of carbonyl (C=O) groups excluding carboxylic acids is 2. The number of halogens is 3. The molecule has 2 amide bonds. The van der Waals surface area contributed by atoms with Crippen molar-refractivity contribution in [1.82, 2.24) is 15.8 Å². The molecule has 0 saturated heterocycles. The molecule has 0 radical (unpaired) electrons. The summed E-state index contributed by atoms with van der Waals surface area (Å²) in [5.74, 6) is -1.20. The number of carbonyl (C=O) groups is 2. The second-order valence-corrected chi connectivity index (χ2v) is 6.92. The Morgan fingerprint density at radius 3 is 2.34 bits per heavy atom. The highest BCUT2D eigenvalue weighted by Gasteiger charge is 2.25. The van der Waals surface area contributed by atoms with Gasteiger partial charge in [0.2, 0.25) is 0 Å². The van der Waals surface area contributed by atoms with E-state index < -0.39 is 11.7 Å². The highest BCUT2D eigenvalue weighted by atomic mass is 35.5. The lowest BCUT2D eigenvalue weighted by molar-refractivity contribution is 0.0927. The van der Waals surface area contributed by atoms with Crippen molar-refractivity contribution in [2.75, 3.05) is 13.1 Å². The summed E-state index contributed by atoms with van der Waals surface area (Å²) in [5, 5.41) is 9.77. The zero-order valence-electron chi connectivity index (χ0n) is 15.3. The van der Waals surface area contributed by atoms with E-state index in [0.29, 0.717) is 10.6 Å². The summed E-state index contributed by atoms with van der Waals surface area (Å²) in [7, 11) is 0. The van der Waals surface area contributed by atoms with Gasteiger partial charge in [-0.15, -0.1) is 0 Å². The third kappa shape index (κ3) is 4.75. The van der Waals surface area contributed by atoms with E-state index in [1.807, 2.05) is 0 Å². The maximum Gasteiger partial charge on any atom is 0.257 e. The highest BCUT2D eigenvalue weighted by Crippen LogP contribution is 2.33. The number of amides is 2. The standard InChI is InChI=1S/C20H16Cl2FN3O3/c1-11-16(18(26-29-11)17-14(22)3-2-4-15(17)23)20(28)25-10-9-24-19(27)12-5-7-13(21)8-6-12/h2-8H,9-10H2,1H3,(H,24,27)(H,25,28). The first kappa shape index (κ1) is 20.8. The van der Waals surface area contributed by atoms with Crippen molar-refractivity contribution in [2.24, 2.45) is 0 Å². The minimum atomic E-state index is -0.616. The first-order valence-corrected chi connectivity index (χ1v) is 9.36. The van der Waals surface area contributed by atoms with Crippen LogP contribution in [0.15, 0.2) is 47.0 Å². The smallest absolute Gasteiger partial charge is 0.257 e. The van der Waals surface area contributed by atoms with Crippen LogP contribution in [0.25, 0.3) is 11.3 Å². The van der Waals surface area contributed by atoms with E-state index in [1.165, 1.54) is 18.2 Å². The van der Waals surface area contributed by atoms with Crippen molar-refractivity contribution in [2.45, 2.75) is 6.92 Å². The number of nitrogens with one attached hydrogen (secondary N) is 2. The van der Waals surface area contributed by atoms with Crippen LogP contribution in [0.1, 0.15) is 26.5 Å². The van der Waals surface area contributed by atoms with Crippen molar-refractivity contribution in [3.8, 4) is 11.3 Å². The molecule has 0 bridgehead atoms. The normalized spacial score (nSPS) is 10.6. The number of nitrogens with zero attached hydrogens (tertiary/aromatic N) is 1. The molecule has 9 heteroatoms. The maximum atomic E-state index is 14.2. The Hall–Kier alpha value is -2.90. The Kier molecular flexibility index (Phi) is 6.51. The summed E-state index contributed by atoms with van der Waals surface area (Å²) in [6.45, 7) is 1.88. The van der Waals surface area contributed by atoms with Crippen molar-refractivity contribution in [1.29, 1.82) is 0 Å². The number of aryl methyl sites for hydroxylation is 1. The van der Waals surface area contributed by atoms with Crippen molar-refractivity contribution in [3.05, 3.63) is 75.2 Å². The SMILES string of the molecule is Cc1onc(-c2c(F)cccc2Cl)c1C(=O)NCCNC(=O)c1ccc(Cl)cc1. The summed E-state index contributed by atoms with van der Waals surface area (Å²) < 4.78 is 19.3. The molecule has 2 aromatic carbocycles. The molecule has 1 aromatic heterocycles. The van der Waals surface area contributed by atoms with Crippen LogP contribution in [0.3, 0.4) is 0 Å². The predicted octanol–water partition coefficient (Wildman–Crippen LogP) is 4.26. The molecule has 0 aliphatic carbocycles. The Balaban J connectivity index is 1.64. The molecule has 3 aromatic rings. The largest absolute Gasteiger partial charge is 0.360 e. The molecule has 0 aliphatic heterocycles. The van der Waals surface area contributed by atoms with E-state index in [2.05, 4.69) is 15.8 Å².